The zero-order valence-corrected chi connectivity index (χ0v) is 16.9. The molecular weight excluding hydrogens is 392 g/mol. The lowest BCUT2D eigenvalue weighted by Gasteiger charge is -2.30. The number of esters is 1. The Kier molecular flexibility index (Phi) is 7.01. The number of ketones is 1. The first kappa shape index (κ1) is 21.0. The molecule has 0 aromatic heterocycles. The van der Waals surface area contributed by atoms with Crippen molar-refractivity contribution in [2.24, 2.45) is 5.92 Å². The number of carbonyl (C=O) groups is 3. The van der Waals surface area contributed by atoms with Gasteiger partial charge in [0.2, 0.25) is 5.91 Å². The smallest absolute Gasteiger partial charge is 0.308 e. The van der Waals surface area contributed by atoms with Crippen molar-refractivity contribution in [1.29, 1.82) is 0 Å². The van der Waals surface area contributed by atoms with Gasteiger partial charge in [0.05, 0.1) is 25.3 Å². The number of rotatable bonds is 6. The van der Waals surface area contributed by atoms with Gasteiger partial charge in [-0.1, -0.05) is 41.9 Å². The van der Waals surface area contributed by atoms with E-state index in [0.29, 0.717) is 47.8 Å². The van der Waals surface area contributed by atoms with Crippen molar-refractivity contribution in [1.82, 2.24) is 4.90 Å². The highest BCUT2D eigenvalue weighted by molar-refractivity contribution is 6.31. The molecule has 29 heavy (non-hydrogen) atoms. The summed E-state index contributed by atoms with van der Waals surface area (Å²) in [5, 5.41) is 3.25. The maximum Gasteiger partial charge on any atom is 0.308 e. The predicted molar refractivity (Wildman–Crippen MR) is 111 cm³/mol. The van der Waals surface area contributed by atoms with Crippen LogP contribution < -0.4 is 5.32 Å². The first-order chi connectivity index (χ1) is 14.0. The number of methoxy groups -OCH3 is 1. The number of piperidine rings is 1. The van der Waals surface area contributed by atoms with Gasteiger partial charge in [0, 0.05) is 16.1 Å². The Morgan fingerprint density at radius 2 is 1.79 bits per heavy atom. The number of anilines is 1. The number of carbonyl (C=O) groups excluding carboxylic acids is 3. The number of amides is 1. The van der Waals surface area contributed by atoms with Crippen LogP contribution in [0.5, 0.6) is 0 Å². The second-order valence-electron chi connectivity index (χ2n) is 7.01. The minimum atomic E-state index is -0.217. The van der Waals surface area contributed by atoms with Gasteiger partial charge in [-0.3, -0.25) is 19.3 Å². The van der Waals surface area contributed by atoms with Crippen molar-refractivity contribution in [3.05, 3.63) is 64.7 Å². The molecule has 1 saturated heterocycles. The molecule has 1 fully saturated rings. The van der Waals surface area contributed by atoms with E-state index in [9.17, 15) is 14.4 Å². The maximum atomic E-state index is 12.9. The van der Waals surface area contributed by atoms with Crippen LogP contribution in [0.3, 0.4) is 0 Å². The minimum Gasteiger partial charge on any atom is -0.469 e. The summed E-state index contributed by atoms with van der Waals surface area (Å²) in [5.74, 6) is -0.724. The third kappa shape index (κ3) is 5.43. The van der Waals surface area contributed by atoms with E-state index in [1.54, 1.807) is 42.5 Å². The van der Waals surface area contributed by atoms with Crippen LogP contribution in [0.15, 0.2) is 48.5 Å². The van der Waals surface area contributed by atoms with E-state index >= 15 is 0 Å². The monoisotopic (exact) mass is 414 g/mol. The molecule has 152 valence electrons. The van der Waals surface area contributed by atoms with Crippen LogP contribution in [0.1, 0.15) is 28.8 Å². The van der Waals surface area contributed by atoms with Crippen molar-refractivity contribution in [3.63, 3.8) is 0 Å². The van der Waals surface area contributed by atoms with E-state index in [-0.39, 0.29) is 30.1 Å². The van der Waals surface area contributed by atoms with Gasteiger partial charge in [0.1, 0.15) is 0 Å². The molecule has 0 radical (unpaired) electrons. The summed E-state index contributed by atoms with van der Waals surface area (Å²) in [6.45, 7) is 1.47. The molecule has 0 unspecified atom stereocenters. The van der Waals surface area contributed by atoms with Gasteiger partial charge in [-0.2, -0.15) is 0 Å². The fourth-order valence-corrected chi connectivity index (χ4v) is 3.62. The van der Waals surface area contributed by atoms with E-state index < -0.39 is 0 Å². The third-order valence-electron chi connectivity index (χ3n) is 5.03. The van der Waals surface area contributed by atoms with Gasteiger partial charge in [-0.25, -0.2) is 0 Å². The van der Waals surface area contributed by atoms with Crippen molar-refractivity contribution in [2.45, 2.75) is 12.8 Å². The van der Waals surface area contributed by atoms with Crippen LogP contribution in [0.25, 0.3) is 0 Å². The van der Waals surface area contributed by atoms with Crippen LogP contribution in [-0.2, 0) is 14.3 Å². The molecule has 3 rings (SSSR count). The number of nitrogens with zero attached hydrogens (tertiary/aromatic N) is 1. The standard InChI is InChI=1S/C22H23ClN2O4/c1-29-22(28)16-9-11-25(12-10-16)14-20(26)24-19-8-7-17(23)13-18(19)21(27)15-5-3-2-4-6-15/h2-8,13,16H,9-12,14H2,1H3,(H,24,26). The molecule has 0 spiro atoms. The molecule has 2 aromatic carbocycles. The number of halogens is 1. The lowest BCUT2D eigenvalue weighted by atomic mass is 9.97. The van der Waals surface area contributed by atoms with Gasteiger partial charge in [-0.05, 0) is 44.1 Å². The van der Waals surface area contributed by atoms with Crippen LogP contribution in [0, 0.1) is 5.92 Å². The molecule has 0 atom stereocenters. The zero-order valence-electron chi connectivity index (χ0n) is 16.2. The first-order valence-electron chi connectivity index (χ1n) is 9.47. The second-order valence-corrected chi connectivity index (χ2v) is 7.44. The SMILES string of the molecule is COC(=O)C1CCN(CC(=O)Nc2ccc(Cl)cc2C(=O)c2ccccc2)CC1. The molecule has 0 saturated carbocycles. The number of hydrogen-bond acceptors (Lipinski definition) is 5. The molecule has 1 amide bonds. The molecule has 7 heteroatoms. The Balaban J connectivity index is 1.65. The van der Waals surface area contributed by atoms with Crippen LogP contribution in [-0.4, -0.2) is 49.3 Å². The largest absolute Gasteiger partial charge is 0.469 e. The maximum absolute atomic E-state index is 12.9. The second kappa shape index (κ2) is 9.67. The summed E-state index contributed by atoms with van der Waals surface area (Å²) in [6, 6.07) is 13.7. The van der Waals surface area contributed by atoms with Crippen LogP contribution in [0.4, 0.5) is 5.69 Å². The van der Waals surface area contributed by atoms with E-state index in [1.807, 2.05) is 11.0 Å². The number of hydrogen-bond donors (Lipinski definition) is 1. The summed E-state index contributed by atoms with van der Waals surface area (Å²) in [4.78, 5) is 39.0. The first-order valence-corrected chi connectivity index (χ1v) is 9.85. The molecular formula is C22H23ClN2O4. The normalized spacial score (nSPS) is 15.0. The van der Waals surface area contributed by atoms with Gasteiger partial charge >= 0.3 is 5.97 Å². The Morgan fingerprint density at radius 1 is 1.10 bits per heavy atom. The summed E-state index contributed by atoms with van der Waals surface area (Å²) >= 11 is 6.08. The van der Waals surface area contributed by atoms with E-state index in [2.05, 4.69) is 5.32 Å². The van der Waals surface area contributed by atoms with Crippen molar-refractivity contribution in [2.75, 3.05) is 32.1 Å². The number of likely N-dealkylation sites (tertiary alicyclic amines) is 1. The van der Waals surface area contributed by atoms with Crippen molar-refractivity contribution >= 4 is 34.9 Å². The minimum absolute atomic E-state index is 0.106. The quantitative estimate of drug-likeness (QED) is 0.579. The summed E-state index contributed by atoms with van der Waals surface area (Å²) in [6.07, 6.45) is 1.33. The Hall–Kier alpha value is -2.70. The topological polar surface area (TPSA) is 75.7 Å². The molecule has 1 heterocycles. The fourth-order valence-electron chi connectivity index (χ4n) is 3.44. The van der Waals surface area contributed by atoms with Gasteiger partial charge < -0.3 is 10.1 Å². The Bertz CT molecular complexity index is 893. The summed E-state index contributed by atoms with van der Waals surface area (Å²) < 4.78 is 4.79. The zero-order chi connectivity index (χ0) is 20.8. The number of benzene rings is 2. The van der Waals surface area contributed by atoms with Gasteiger partial charge in [0.15, 0.2) is 5.78 Å². The van der Waals surface area contributed by atoms with Crippen molar-refractivity contribution < 1.29 is 19.1 Å². The molecule has 1 aliphatic rings. The Labute approximate surface area is 174 Å². The van der Waals surface area contributed by atoms with Crippen LogP contribution in [0.2, 0.25) is 5.02 Å². The lowest BCUT2D eigenvalue weighted by Crippen LogP contribution is -2.41. The van der Waals surface area contributed by atoms with Crippen molar-refractivity contribution in [3.8, 4) is 0 Å². The highest BCUT2D eigenvalue weighted by Gasteiger charge is 2.26. The highest BCUT2D eigenvalue weighted by atomic mass is 35.5. The van der Waals surface area contributed by atoms with Gasteiger partial charge in [0.25, 0.3) is 0 Å². The molecule has 1 N–H and O–H groups in total. The molecule has 2 aromatic rings. The van der Waals surface area contributed by atoms with E-state index in [4.69, 9.17) is 16.3 Å². The average Bonchev–Trinajstić information content (AvgIpc) is 2.75. The molecule has 6 nitrogen and oxygen atoms in total. The molecule has 0 aliphatic carbocycles. The Morgan fingerprint density at radius 3 is 2.45 bits per heavy atom. The fraction of sp³-hybridized carbons (Fsp3) is 0.318. The average molecular weight is 415 g/mol. The summed E-state index contributed by atoms with van der Waals surface area (Å²) in [7, 11) is 1.39. The van der Waals surface area contributed by atoms with Crippen LogP contribution >= 0.6 is 11.6 Å². The number of ether oxygens (including phenoxy) is 1. The molecule has 0 bridgehead atoms. The highest BCUT2D eigenvalue weighted by Crippen LogP contribution is 2.24. The number of nitrogens with one attached hydrogen (secondary N) is 1. The van der Waals surface area contributed by atoms with Gasteiger partial charge in [-0.15, -0.1) is 0 Å². The summed E-state index contributed by atoms with van der Waals surface area (Å²) in [5.41, 5.74) is 1.30. The van der Waals surface area contributed by atoms with E-state index in [1.165, 1.54) is 7.11 Å². The molecule has 1 aliphatic heterocycles. The lowest BCUT2D eigenvalue weighted by molar-refractivity contribution is -0.147. The third-order valence-corrected chi connectivity index (χ3v) is 5.26. The predicted octanol–water partition coefficient (Wildman–Crippen LogP) is 3.39. The van der Waals surface area contributed by atoms with E-state index in [0.717, 1.165) is 0 Å².